The molecule has 0 aliphatic heterocycles. The Kier molecular flexibility index (Phi) is 3.20. The molecule has 86 valence electrons. The molecular weight excluding hydrogens is 182 g/mol. The van der Waals surface area contributed by atoms with Crippen LogP contribution in [0, 0.1) is 11.3 Å². The molecule has 1 N–H and O–H groups in total. The molecule has 3 unspecified atom stereocenters. The fraction of sp³-hybridized carbons (Fsp3) is 0.857. The van der Waals surface area contributed by atoms with Crippen molar-refractivity contribution in [3.8, 4) is 0 Å². The van der Waals surface area contributed by atoms with Gasteiger partial charge in [-0.25, -0.2) is 0 Å². The molecule has 0 bridgehead atoms. The van der Waals surface area contributed by atoms with Crippen molar-refractivity contribution in [1.29, 1.82) is 0 Å². The van der Waals surface area contributed by atoms with Crippen LogP contribution in [0.5, 0.6) is 0 Å². The summed E-state index contributed by atoms with van der Waals surface area (Å²) in [7, 11) is 0. The normalized spacial score (nSPS) is 39.5. The van der Waals surface area contributed by atoms with E-state index in [1.165, 1.54) is 32.1 Å². The van der Waals surface area contributed by atoms with Crippen LogP contribution >= 0.6 is 0 Å². The Morgan fingerprint density at radius 2 is 2.00 bits per heavy atom. The van der Waals surface area contributed by atoms with Gasteiger partial charge in [0.15, 0.2) is 0 Å². The van der Waals surface area contributed by atoms with Crippen LogP contribution in [0.25, 0.3) is 0 Å². The lowest BCUT2D eigenvalue weighted by Crippen LogP contribution is -2.40. The topological polar surface area (TPSA) is 12.0 Å². The Bertz CT molecular complexity index is 242. The summed E-state index contributed by atoms with van der Waals surface area (Å²) < 4.78 is 0. The zero-order valence-electron chi connectivity index (χ0n) is 10.4. The second kappa shape index (κ2) is 4.29. The van der Waals surface area contributed by atoms with Crippen molar-refractivity contribution in [3.63, 3.8) is 0 Å². The van der Waals surface area contributed by atoms with E-state index in [0.717, 1.165) is 18.0 Å². The van der Waals surface area contributed by atoms with Gasteiger partial charge in [0.05, 0.1) is 0 Å². The zero-order valence-corrected chi connectivity index (χ0v) is 10.4. The van der Waals surface area contributed by atoms with E-state index in [1.54, 1.807) is 0 Å². The lowest BCUT2D eigenvalue weighted by atomic mass is 9.91. The van der Waals surface area contributed by atoms with Gasteiger partial charge in [-0.3, -0.25) is 0 Å². The summed E-state index contributed by atoms with van der Waals surface area (Å²) >= 11 is 0. The highest BCUT2D eigenvalue weighted by Gasteiger charge is 2.37. The van der Waals surface area contributed by atoms with Crippen molar-refractivity contribution in [3.05, 3.63) is 12.2 Å². The second-order valence-corrected chi connectivity index (χ2v) is 6.30. The van der Waals surface area contributed by atoms with E-state index < -0.39 is 0 Å². The molecule has 2 aliphatic carbocycles. The monoisotopic (exact) mass is 207 g/mol. The minimum absolute atomic E-state index is 0.557. The number of allylic oxidation sites excluding steroid dienone is 1. The van der Waals surface area contributed by atoms with Crippen LogP contribution in [0.15, 0.2) is 12.2 Å². The molecular formula is C14H25N. The van der Waals surface area contributed by atoms with Crippen molar-refractivity contribution in [2.75, 3.05) is 0 Å². The fourth-order valence-electron chi connectivity index (χ4n) is 3.36. The highest BCUT2D eigenvalue weighted by Crippen LogP contribution is 2.41. The quantitative estimate of drug-likeness (QED) is 0.683. The molecule has 1 saturated carbocycles. The molecule has 15 heavy (non-hydrogen) atoms. The van der Waals surface area contributed by atoms with E-state index in [9.17, 15) is 0 Å². The van der Waals surface area contributed by atoms with Crippen LogP contribution in [0.3, 0.4) is 0 Å². The minimum Gasteiger partial charge on any atom is -0.311 e. The summed E-state index contributed by atoms with van der Waals surface area (Å²) in [6.45, 7) is 7.23. The van der Waals surface area contributed by atoms with Crippen molar-refractivity contribution >= 4 is 0 Å². The van der Waals surface area contributed by atoms with Gasteiger partial charge in [-0.05, 0) is 43.4 Å². The maximum absolute atomic E-state index is 3.87. The highest BCUT2D eigenvalue weighted by atomic mass is 15.0. The summed E-state index contributed by atoms with van der Waals surface area (Å²) in [6.07, 6.45) is 11.2. The van der Waals surface area contributed by atoms with Crippen LogP contribution in [0.2, 0.25) is 0 Å². The van der Waals surface area contributed by atoms with Gasteiger partial charge in [0.1, 0.15) is 0 Å². The van der Waals surface area contributed by atoms with Gasteiger partial charge in [-0.1, -0.05) is 32.9 Å². The molecule has 2 aliphatic rings. The van der Waals surface area contributed by atoms with Crippen molar-refractivity contribution in [2.24, 2.45) is 11.3 Å². The van der Waals surface area contributed by atoms with Crippen LogP contribution in [0.4, 0.5) is 0 Å². The predicted octanol–water partition coefficient (Wildman–Crippen LogP) is 3.51. The molecule has 0 heterocycles. The molecule has 2 rings (SSSR count). The summed E-state index contributed by atoms with van der Waals surface area (Å²) in [5.74, 6) is 0.853. The first kappa shape index (κ1) is 11.2. The molecule has 1 nitrogen and oxygen atoms in total. The third kappa shape index (κ3) is 2.84. The first-order valence-electron chi connectivity index (χ1n) is 6.48. The van der Waals surface area contributed by atoms with Gasteiger partial charge in [-0.15, -0.1) is 0 Å². The summed E-state index contributed by atoms with van der Waals surface area (Å²) in [5, 5.41) is 3.87. The van der Waals surface area contributed by atoms with E-state index in [0.29, 0.717) is 5.41 Å². The van der Waals surface area contributed by atoms with Gasteiger partial charge in [0.2, 0.25) is 0 Å². The first-order chi connectivity index (χ1) is 7.07. The Morgan fingerprint density at radius 3 is 2.53 bits per heavy atom. The molecule has 1 fully saturated rings. The molecule has 0 spiro atoms. The molecule has 3 atom stereocenters. The summed E-state index contributed by atoms with van der Waals surface area (Å²) in [6, 6.07) is 1.51. The van der Waals surface area contributed by atoms with Gasteiger partial charge >= 0.3 is 0 Å². The maximum Gasteiger partial charge on any atom is 0.0107 e. The zero-order chi connectivity index (χ0) is 10.9. The second-order valence-electron chi connectivity index (χ2n) is 6.30. The smallest absolute Gasteiger partial charge is 0.0107 e. The number of hydrogen-bond donors (Lipinski definition) is 1. The van der Waals surface area contributed by atoms with Gasteiger partial charge in [0.25, 0.3) is 0 Å². The molecule has 0 saturated heterocycles. The Morgan fingerprint density at radius 1 is 1.20 bits per heavy atom. The van der Waals surface area contributed by atoms with Crippen LogP contribution in [-0.2, 0) is 0 Å². The largest absolute Gasteiger partial charge is 0.311 e. The third-order valence-corrected chi connectivity index (χ3v) is 4.05. The van der Waals surface area contributed by atoms with Crippen LogP contribution in [0.1, 0.15) is 52.9 Å². The SMILES string of the molecule is CC1CC(C)(C)CC1NC1CC=CCC1. The Labute approximate surface area is 94.3 Å². The third-order valence-electron chi connectivity index (χ3n) is 4.05. The molecule has 0 amide bonds. The van der Waals surface area contributed by atoms with Crippen LogP contribution < -0.4 is 5.32 Å². The van der Waals surface area contributed by atoms with Gasteiger partial charge in [-0.2, -0.15) is 0 Å². The summed E-state index contributed by atoms with van der Waals surface area (Å²) in [4.78, 5) is 0. The fourth-order valence-corrected chi connectivity index (χ4v) is 3.36. The minimum atomic E-state index is 0.557. The van der Waals surface area contributed by atoms with E-state index in [1.807, 2.05) is 0 Å². The standard InChI is InChI=1S/C14H25N/c1-11-9-14(2,3)10-13(11)15-12-7-5-4-6-8-12/h4-5,11-13,15H,6-10H2,1-3H3. The van der Waals surface area contributed by atoms with E-state index >= 15 is 0 Å². The van der Waals surface area contributed by atoms with Gasteiger partial charge < -0.3 is 5.32 Å². The molecule has 0 aromatic rings. The van der Waals surface area contributed by atoms with Crippen molar-refractivity contribution < 1.29 is 0 Å². The molecule has 0 aromatic heterocycles. The average molecular weight is 207 g/mol. The van der Waals surface area contributed by atoms with Crippen molar-refractivity contribution in [2.45, 2.75) is 65.0 Å². The maximum atomic E-state index is 3.87. The number of rotatable bonds is 2. The lowest BCUT2D eigenvalue weighted by Gasteiger charge is -2.26. The van der Waals surface area contributed by atoms with E-state index in [-0.39, 0.29) is 0 Å². The lowest BCUT2D eigenvalue weighted by molar-refractivity contribution is 0.341. The number of hydrogen-bond acceptors (Lipinski definition) is 1. The highest BCUT2D eigenvalue weighted by molar-refractivity contribution is 4.97. The molecule has 1 heteroatoms. The first-order valence-corrected chi connectivity index (χ1v) is 6.48. The van der Waals surface area contributed by atoms with Crippen LogP contribution in [-0.4, -0.2) is 12.1 Å². The van der Waals surface area contributed by atoms with Gasteiger partial charge in [0, 0.05) is 12.1 Å². The summed E-state index contributed by atoms with van der Waals surface area (Å²) in [5.41, 5.74) is 0.557. The molecule has 0 aromatic carbocycles. The van der Waals surface area contributed by atoms with E-state index in [2.05, 4.69) is 38.2 Å². The van der Waals surface area contributed by atoms with E-state index in [4.69, 9.17) is 0 Å². The average Bonchev–Trinajstić information content (AvgIpc) is 2.41. The number of nitrogens with one attached hydrogen (secondary N) is 1. The molecule has 0 radical (unpaired) electrons. The predicted molar refractivity (Wildman–Crippen MR) is 65.9 cm³/mol. The van der Waals surface area contributed by atoms with Crippen molar-refractivity contribution in [1.82, 2.24) is 5.32 Å². The Hall–Kier alpha value is -0.300. The Balaban J connectivity index is 1.87.